The molecule has 3 amide bonds. The lowest BCUT2D eigenvalue weighted by atomic mass is 10.2. The normalized spacial score (nSPS) is 10.6. The van der Waals surface area contributed by atoms with Crippen LogP contribution >= 0.6 is 0 Å². The second-order valence-corrected chi connectivity index (χ2v) is 7.83. The fourth-order valence-corrected chi connectivity index (χ4v) is 3.46. The minimum atomic E-state index is -0.443. The van der Waals surface area contributed by atoms with Gasteiger partial charge >= 0.3 is 6.03 Å². The number of aliphatic hydroxyl groups excluding tert-OH is 1. The van der Waals surface area contributed by atoms with Gasteiger partial charge in [0.1, 0.15) is 11.5 Å². The SMILES string of the molecule is CCN(CC)CCNC(=O)c1ccc(NC(=O)Nc2ccc(Oc3ccccc3)c(CO)c2)cc1. The molecular formula is C27H32N4O4. The Kier molecular flexibility index (Phi) is 9.65. The second-order valence-electron chi connectivity index (χ2n) is 7.83. The molecule has 0 aliphatic carbocycles. The number of ether oxygens (including phenoxy) is 1. The third-order valence-corrected chi connectivity index (χ3v) is 5.47. The average molecular weight is 477 g/mol. The summed E-state index contributed by atoms with van der Waals surface area (Å²) in [6.07, 6.45) is 0. The van der Waals surface area contributed by atoms with Crippen LogP contribution in [0, 0.1) is 0 Å². The zero-order valence-electron chi connectivity index (χ0n) is 20.1. The fourth-order valence-electron chi connectivity index (χ4n) is 3.46. The lowest BCUT2D eigenvalue weighted by molar-refractivity contribution is 0.0949. The molecule has 3 rings (SSSR count). The molecule has 0 unspecified atom stereocenters. The summed E-state index contributed by atoms with van der Waals surface area (Å²) in [4.78, 5) is 27.0. The second kappa shape index (κ2) is 13.1. The Balaban J connectivity index is 1.53. The van der Waals surface area contributed by atoms with Crippen molar-refractivity contribution >= 4 is 23.3 Å². The Hall–Kier alpha value is -3.88. The van der Waals surface area contributed by atoms with Crippen molar-refractivity contribution in [3.63, 3.8) is 0 Å². The molecular weight excluding hydrogens is 444 g/mol. The molecule has 0 fully saturated rings. The fraction of sp³-hybridized carbons (Fsp3) is 0.259. The van der Waals surface area contributed by atoms with E-state index in [1.54, 1.807) is 42.5 Å². The minimum Gasteiger partial charge on any atom is -0.457 e. The number of anilines is 2. The van der Waals surface area contributed by atoms with Crippen LogP contribution in [0.25, 0.3) is 0 Å². The van der Waals surface area contributed by atoms with Crippen molar-refractivity contribution in [2.45, 2.75) is 20.5 Å². The van der Waals surface area contributed by atoms with Gasteiger partial charge in [0.25, 0.3) is 5.91 Å². The molecule has 3 aromatic carbocycles. The molecule has 8 heteroatoms. The average Bonchev–Trinajstić information content (AvgIpc) is 2.88. The number of hydrogen-bond acceptors (Lipinski definition) is 5. The molecule has 0 spiro atoms. The number of carbonyl (C=O) groups is 2. The van der Waals surface area contributed by atoms with Gasteiger partial charge in [0.2, 0.25) is 0 Å². The van der Waals surface area contributed by atoms with Crippen LogP contribution in [0.1, 0.15) is 29.8 Å². The molecule has 0 heterocycles. The zero-order chi connectivity index (χ0) is 25.0. The van der Waals surface area contributed by atoms with E-state index in [9.17, 15) is 14.7 Å². The number of likely N-dealkylation sites (N-methyl/N-ethyl adjacent to an activating group) is 1. The minimum absolute atomic E-state index is 0.150. The summed E-state index contributed by atoms with van der Waals surface area (Å²) in [6.45, 7) is 7.22. The maximum atomic E-state index is 12.4. The van der Waals surface area contributed by atoms with Gasteiger partial charge in [0, 0.05) is 35.6 Å². The number of hydrogen-bond donors (Lipinski definition) is 4. The van der Waals surface area contributed by atoms with Crippen LogP contribution in [0.5, 0.6) is 11.5 Å². The number of benzene rings is 3. The molecule has 0 aliphatic heterocycles. The first kappa shape index (κ1) is 25.7. The van der Waals surface area contributed by atoms with Crippen molar-refractivity contribution in [3.8, 4) is 11.5 Å². The number of carbonyl (C=O) groups excluding carboxylic acids is 2. The van der Waals surface area contributed by atoms with Gasteiger partial charge in [-0.2, -0.15) is 0 Å². The van der Waals surface area contributed by atoms with Gasteiger partial charge in [0.15, 0.2) is 0 Å². The Morgan fingerprint density at radius 2 is 1.54 bits per heavy atom. The summed E-state index contributed by atoms with van der Waals surface area (Å²) in [6, 6.07) is 20.6. The first-order chi connectivity index (χ1) is 17.0. The maximum Gasteiger partial charge on any atom is 0.323 e. The van der Waals surface area contributed by atoms with Gasteiger partial charge in [0.05, 0.1) is 6.61 Å². The Morgan fingerprint density at radius 3 is 2.20 bits per heavy atom. The van der Waals surface area contributed by atoms with E-state index < -0.39 is 6.03 Å². The van der Waals surface area contributed by atoms with E-state index in [-0.39, 0.29) is 12.5 Å². The number of para-hydroxylation sites is 1. The standard InChI is InChI=1S/C27H32N4O4/c1-3-31(4-2)17-16-28-26(33)20-10-12-22(13-11-20)29-27(34)30-23-14-15-25(21(18-23)19-32)35-24-8-6-5-7-9-24/h5-15,18,32H,3-4,16-17,19H2,1-2H3,(H,28,33)(H2,29,30,34). The van der Waals surface area contributed by atoms with E-state index in [4.69, 9.17) is 4.74 Å². The third-order valence-electron chi connectivity index (χ3n) is 5.47. The van der Waals surface area contributed by atoms with Gasteiger partial charge in [-0.15, -0.1) is 0 Å². The number of urea groups is 1. The molecule has 3 aromatic rings. The maximum absolute atomic E-state index is 12.4. The highest BCUT2D eigenvalue weighted by Gasteiger charge is 2.10. The van der Waals surface area contributed by atoms with Gasteiger partial charge in [-0.05, 0) is 67.7 Å². The van der Waals surface area contributed by atoms with Crippen molar-refractivity contribution in [2.75, 3.05) is 36.8 Å². The summed E-state index contributed by atoms with van der Waals surface area (Å²) >= 11 is 0. The van der Waals surface area contributed by atoms with Crippen LogP contribution < -0.4 is 20.7 Å². The molecule has 0 atom stereocenters. The summed E-state index contributed by atoms with van der Waals surface area (Å²) in [5.74, 6) is 1.01. The third kappa shape index (κ3) is 7.84. The molecule has 0 bridgehead atoms. The van der Waals surface area contributed by atoms with Crippen molar-refractivity contribution in [3.05, 3.63) is 83.9 Å². The van der Waals surface area contributed by atoms with E-state index in [0.717, 1.165) is 19.6 Å². The van der Waals surface area contributed by atoms with Gasteiger partial charge in [-0.25, -0.2) is 4.79 Å². The van der Waals surface area contributed by atoms with Crippen LogP contribution in [0.15, 0.2) is 72.8 Å². The van der Waals surface area contributed by atoms with Crippen LogP contribution in [0.3, 0.4) is 0 Å². The Morgan fingerprint density at radius 1 is 0.886 bits per heavy atom. The Labute approximate surface area is 205 Å². The molecule has 35 heavy (non-hydrogen) atoms. The van der Waals surface area contributed by atoms with Crippen LogP contribution in [-0.2, 0) is 6.61 Å². The highest BCUT2D eigenvalue weighted by atomic mass is 16.5. The molecule has 0 aliphatic rings. The highest BCUT2D eigenvalue weighted by Crippen LogP contribution is 2.28. The number of nitrogens with zero attached hydrogens (tertiary/aromatic N) is 1. The van der Waals surface area contributed by atoms with Crippen LogP contribution in [0.2, 0.25) is 0 Å². The number of amides is 3. The number of rotatable bonds is 11. The number of nitrogens with one attached hydrogen (secondary N) is 3. The van der Waals surface area contributed by atoms with E-state index >= 15 is 0 Å². The molecule has 0 saturated heterocycles. The summed E-state index contributed by atoms with van der Waals surface area (Å²) in [7, 11) is 0. The molecule has 8 nitrogen and oxygen atoms in total. The van der Waals surface area contributed by atoms with E-state index in [2.05, 4.69) is 34.7 Å². The molecule has 0 radical (unpaired) electrons. The Bertz CT molecular complexity index is 1100. The molecule has 184 valence electrons. The smallest absolute Gasteiger partial charge is 0.323 e. The van der Waals surface area contributed by atoms with Gasteiger partial charge in [-0.3, -0.25) is 4.79 Å². The first-order valence-electron chi connectivity index (χ1n) is 11.7. The van der Waals surface area contributed by atoms with E-state index in [1.807, 2.05) is 30.3 Å². The lowest BCUT2D eigenvalue weighted by Crippen LogP contribution is -2.34. The number of aliphatic hydroxyl groups is 1. The van der Waals surface area contributed by atoms with Crippen LogP contribution in [0.4, 0.5) is 16.2 Å². The topological polar surface area (TPSA) is 103 Å². The quantitative estimate of drug-likeness (QED) is 0.322. The van der Waals surface area contributed by atoms with Gasteiger partial charge < -0.3 is 30.7 Å². The van der Waals surface area contributed by atoms with E-state index in [0.29, 0.717) is 40.5 Å². The molecule has 0 aromatic heterocycles. The summed E-state index contributed by atoms with van der Waals surface area (Å²) in [5.41, 5.74) is 2.13. The van der Waals surface area contributed by atoms with Crippen molar-refractivity contribution in [2.24, 2.45) is 0 Å². The van der Waals surface area contributed by atoms with Crippen molar-refractivity contribution in [1.29, 1.82) is 0 Å². The first-order valence-corrected chi connectivity index (χ1v) is 11.7. The van der Waals surface area contributed by atoms with Crippen molar-refractivity contribution in [1.82, 2.24) is 10.2 Å². The zero-order valence-corrected chi connectivity index (χ0v) is 20.1. The highest BCUT2D eigenvalue weighted by molar-refractivity contribution is 6.00. The van der Waals surface area contributed by atoms with Crippen molar-refractivity contribution < 1.29 is 19.4 Å². The van der Waals surface area contributed by atoms with Crippen LogP contribution in [-0.4, -0.2) is 48.1 Å². The summed E-state index contributed by atoms with van der Waals surface area (Å²) < 4.78 is 5.81. The summed E-state index contributed by atoms with van der Waals surface area (Å²) in [5, 5.41) is 18.1. The monoisotopic (exact) mass is 476 g/mol. The molecule has 0 saturated carbocycles. The lowest BCUT2D eigenvalue weighted by Gasteiger charge is -2.18. The van der Waals surface area contributed by atoms with Gasteiger partial charge in [-0.1, -0.05) is 32.0 Å². The molecule has 4 N–H and O–H groups in total. The predicted octanol–water partition coefficient (Wildman–Crippen LogP) is 4.69. The predicted molar refractivity (Wildman–Crippen MR) is 138 cm³/mol. The largest absolute Gasteiger partial charge is 0.457 e. The van der Waals surface area contributed by atoms with E-state index in [1.165, 1.54) is 0 Å².